The Kier molecular flexibility index (Phi) is 8.85. The first-order chi connectivity index (χ1) is 19.9. The number of nitrogens with one attached hydrogen (secondary N) is 2. The molecule has 2 aromatic heterocycles. The first-order valence-electron chi connectivity index (χ1n) is 12.7. The number of halogens is 3. The average molecular weight is 585 g/mol. The van der Waals surface area contributed by atoms with Crippen molar-refractivity contribution < 1.29 is 27.4 Å². The minimum absolute atomic E-state index is 0.150. The van der Waals surface area contributed by atoms with Gasteiger partial charge in [-0.1, -0.05) is 6.58 Å². The van der Waals surface area contributed by atoms with Gasteiger partial charge in [0.05, 0.1) is 43.0 Å². The third-order valence-electron chi connectivity index (χ3n) is 6.35. The van der Waals surface area contributed by atoms with E-state index >= 15 is 0 Å². The molecule has 0 saturated heterocycles. The Morgan fingerprint density at radius 1 is 1.07 bits per heavy atom. The molecule has 0 saturated carbocycles. The number of fused-ring (bicyclic) bond motifs is 1. The molecular formula is C28H31F3N8O3. The van der Waals surface area contributed by atoms with E-state index in [2.05, 4.69) is 32.3 Å². The minimum Gasteiger partial charge on any atom is -0.497 e. The molecule has 0 aliphatic rings. The van der Waals surface area contributed by atoms with Crippen LogP contribution in [-0.2, 0) is 11.0 Å². The first-order valence-corrected chi connectivity index (χ1v) is 12.7. The number of anilines is 4. The third-order valence-corrected chi connectivity index (χ3v) is 6.35. The third kappa shape index (κ3) is 6.54. The van der Waals surface area contributed by atoms with E-state index in [0.717, 1.165) is 17.3 Å². The summed E-state index contributed by atoms with van der Waals surface area (Å²) in [7, 11) is 8.71. The molecule has 0 atom stereocenters. The Labute approximate surface area is 240 Å². The Morgan fingerprint density at radius 2 is 1.83 bits per heavy atom. The normalized spacial score (nSPS) is 11.5. The molecular weight excluding hydrogens is 553 g/mol. The number of rotatable bonds is 11. The molecule has 0 fully saturated rings. The van der Waals surface area contributed by atoms with Crippen LogP contribution in [0.5, 0.6) is 11.5 Å². The van der Waals surface area contributed by atoms with Crippen LogP contribution >= 0.6 is 0 Å². The second-order valence-corrected chi connectivity index (χ2v) is 9.52. The van der Waals surface area contributed by atoms with Gasteiger partial charge in [-0.25, -0.2) is 9.67 Å². The van der Waals surface area contributed by atoms with Crippen LogP contribution in [-0.4, -0.2) is 79.0 Å². The van der Waals surface area contributed by atoms with Crippen molar-refractivity contribution in [3.8, 4) is 17.3 Å². The van der Waals surface area contributed by atoms with E-state index in [0.29, 0.717) is 52.2 Å². The predicted molar refractivity (Wildman–Crippen MR) is 155 cm³/mol. The molecule has 222 valence electrons. The van der Waals surface area contributed by atoms with Crippen LogP contribution < -0.4 is 25.0 Å². The summed E-state index contributed by atoms with van der Waals surface area (Å²) in [5.41, 5.74) is 0.702. The summed E-state index contributed by atoms with van der Waals surface area (Å²) >= 11 is 0. The van der Waals surface area contributed by atoms with Crippen molar-refractivity contribution in [1.82, 2.24) is 24.6 Å². The number of carbonyl (C=O) groups excluding carboxylic acids is 1. The molecule has 0 bridgehead atoms. The Bertz CT molecular complexity index is 1600. The van der Waals surface area contributed by atoms with Gasteiger partial charge in [-0.2, -0.15) is 23.3 Å². The highest BCUT2D eigenvalue weighted by molar-refractivity contribution is 6.02. The second-order valence-electron chi connectivity index (χ2n) is 9.52. The molecule has 2 N–H and O–H groups in total. The van der Waals surface area contributed by atoms with Gasteiger partial charge in [0, 0.05) is 37.8 Å². The molecule has 0 unspecified atom stereocenters. The van der Waals surface area contributed by atoms with Crippen LogP contribution in [0.4, 0.5) is 36.2 Å². The fourth-order valence-corrected chi connectivity index (χ4v) is 4.13. The zero-order chi connectivity index (χ0) is 30.6. The van der Waals surface area contributed by atoms with Crippen molar-refractivity contribution in [3.05, 3.63) is 60.9 Å². The van der Waals surface area contributed by atoms with Gasteiger partial charge in [0.2, 0.25) is 11.9 Å². The number of likely N-dealkylation sites (N-methyl/N-ethyl adjacent to an activating group) is 2. The minimum atomic E-state index is -4.75. The molecule has 2 aromatic carbocycles. The van der Waals surface area contributed by atoms with Gasteiger partial charge in [-0.15, -0.1) is 0 Å². The number of benzene rings is 2. The van der Waals surface area contributed by atoms with Gasteiger partial charge in [-0.05, 0) is 44.4 Å². The highest BCUT2D eigenvalue weighted by Crippen LogP contribution is 2.39. The van der Waals surface area contributed by atoms with Gasteiger partial charge < -0.3 is 29.9 Å². The molecule has 0 aliphatic heterocycles. The monoisotopic (exact) mass is 584 g/mol. The number of ether oxygens (including phenoxy) is 2. The maximum Gasteiger partial charge on any atom is 0.421 e. The van der Waals surface area contributed by atoms with E-state index in [-0.39, 0.29) is 5.95 Å². The lowest BCUT2D eigenvalue weighted by molar-refractivity contribution is -0.138. The molecule has 4 rings (SSSR count). The van der Waals surface area contributed by atoms with Crippen molar-refractivity contribution in [2.24, 2.45) is 0 Å². The van der Waals surface area contributed by atoms with Crippen molar-refractivity contribution >= 4 is 39.8 Å². The quantitative estimate of drug-likeness (QED) is 0.242. The largest absolute Gasteiger partial charge is 0.497 e. The first kappa shape index (κ1) is 30.1. The zero-order valence-electron chi connectivity index (χ0n) is 23.8. The van der Waals surface area contributed by atoms with Crippen LogP contribution in [0.3, 0.4) is 0 Å². The molecule has 0 aliphatic carbocycles. The highest BCUT2D eigenvalue weighted by Gasteiger charge is 2.36. The molecule has 1 amide bonds. The standard InChI is InChI=1S/C28H31F3N8O3/c1-7-25(40)34-20-13-21(24(42-6)14-23(20)38(4)11-10-37(2)3)35-27-32-16-19(28(29,30)31)26(36-27)39-22-9-8-18(41-5)12-17(22)15-33-39/h7-9,12-16H,1,10-11H2,2-6H3,(H,34,40)(H,32,35,36). The Balaban J connectivity index is 1.80. The smallest absolute Gasteiger partial charge is 0.421 e. The van der Waals surface area contributed by atoms with Gasteiger partial charge in [0.15, 0.2) is 5.82 Å². The van der Waals surface area contributed by atoms with Gasteiger partial charge in [0.25, 0.3) is 0 Å². The number of methoxy groups -OCH3 is 2. The molecule has 2 heterocycles. The van der Waals surface area contributed by atoms with Crippen molar-refractivity contribution in [2.75, 3.05) is 64.0 Å². The van der Waals surface area contributed by atoms with E-state index in [1.165, 1.54) is 20.4 Å². The van der Waals surface area contributed by atoms with Crippen molar-refractivity contribution in [3.63, 3.8) is 0 Å². The lowest BCUT2D eigenvalue weighted by Crippen LogP contribution is -2.29. The van der Waals surface area contributed by atoms with Gasteiger partial charge in [0.1, 0.15) is 17.1 Å². The van der Waals surface area contributed by atoms with Crippen molar-refractivity contribution in [1.29, 1.82) is 0 Å². The van der Waals surface area contributed by atoms with Crippen LogP contribution in [0.1, 0.15) is 5.56 Å². The summed E-state index contributed by atoms with van der Waals surface area (Å²) in [5.74, 6) is -0.184. The second kappa shape index (κ2) is 12.3. The maximum absolute atomic E-state index is 14.0. The van der Waals surface area contributed by atoms with Crippen LogP contribution in [0.15, 0.2) is 55.4 Å². The van der Waals surface area contributed by atoms with Crippen LogP contribution in [0.2, 0.25) is 0 Å². The lowest BCUT2D eigenvalue weighted by atomic mass is 10.2. The van der Waals surface area contributed by atoms with Crippen LogP contribution in [0.25, 0.3) is 16.7 Å². The number of hydrogen-bond donors (Lipinski definition) is 2. The number of hydrogen-bond acceptors (Lipinski definition) is 9. The summed E-state index contributed by atoms with van der Waals surface area (Å²) in [5, 5.41) is 10.4. The molecule has 0 radical (unpaired) electrons. The Hall–Kier alpha value is -4.85. The number of nitrogens with zero attached hydrogens (tertiary/aromatic N) is 6. The van der Waals surface area contributed by atoms with Gasteiger partial charge >= 0.3 is 6.18 Å². The summed E-state index contributed by atoms with van der Waals surface area (Å²) in [6, 6.07) is 8.18. The van der Waals surface area contributed by atoms with E-state index in [1.807, 2.05) is 30.9 Å². The van der Waals surface area contributed by atoms with Crippen molar-refractivity contribution in [2.45, 2.75) is 6.18 Å². The summed E-state index contributed by atoms with van der Waals surface area (Å²) in [6.45, 7) is 4.88. The topological polar surface area (TPSA) is 110 Å². The summed E-state index contributed by atoms with van der Waals surface area (Å²) in [6.07, 6.45) is -1.50. The van der Waals surface area contributed by atoms with Crippen LogP contribution in [0, 0.1) is 0 Å². The lowest BCUT2D eigenvalue weighted by Gasteiger charge is -2.26. The fourth-order valence-electron chi connectivity index (χ4n) is 4.13. The fraction of sp³-hybridized carbons (Fsp3) is 0.286. The van der Waals surface area contributed by atoms with E-state index in [1.54, 1.807) is 30.3 Å². The number of amides is 1. The molecule has 4 aromatic rings. The molecule has 11 nitrogen and oxygen atoms in total. The molecule has 42 heavy (non-hydrogen) atoms. The van der Waals surface area contributed by atoms with E-state index < -0.39 is 23.5 Å². The molecule has 0 spiro atoms. The summed E-state index contributed by atoms with van der Waals surface area (Å²) < 4.78 is 54.0. The Morgan fingerprint density at radius 3 is 2.48 bits per heavy atom. The average Bonchev–Trinajstić information content (AvgIpc) is 3.38. The SMILES string of the molecule is C=CC(=O)Nc1cc(Nc2ncc(C(F)(F)F)c(-n3ncc4cc(OC)ccc43)n2)c(OC)cc1N(C)CCN(C)C. The molecule has 14 heteroatoms. The predicted octanol–water partition coefficient (Wildman–Crippen LogP) is 4.72. The highest BCUT2D eigenvalue weighted by atomic mass is 19.4. The van der Waals surface area contributed by atoms with Gasteiger partial charge in [-0.3, -0.25) is 4.79 Å². The van der Waals surface area contributed by atoms with E-state index in [4.69, 9.17) is 9.47 Å². The maximum atomic E-state index is 14.0. The van der Waals surface area contributed by atoms with E-state index in [9.17, 15) is 18.0 Å². The summed E-state index contributed by atoms with van der Waals surface area (Å²) in [4.78, 5) is 24.3. The number of alkyl halides is 3. The zero-order valence-corrected chi connectivity index (χ0v) is 23.8. The number of carbonyl (C=O) groups is 1. The number of aromatic nitrogens is 4.